The molecule has 0 bridgehead atoms. The largest absolute Gasteiger partial charge is 0.496 e. The van der Waals surface area contributed by atoms with E-state index in [0.717, 1.165) is 29.3 Å². The average Bonchev–Trinajstić information content (AvgIpc) is 3.59. The summed E-state index contributed by atoms with van der Waals surface area (Å²) in [5.74, 6) is 0.156. The maximum Gasteiger partial charge on any atom is 0.265 e. The van der Waals surface area contributed by atoms with Gasteiger partial charge >= 0.3 is 0 Å². The molecule has 0 radical (unpaired) electrons. The number of benzene rings is 3. The van der Waals surface area contributed by atoms with Gasteiger partial charge in [0.15, 0.2) is 0 Å². The molecule has 10 heteroatoms. The predicted molar refractivity (Wildman–Crippen MR) is 148 cm³/mol. The second kappa shape index (κ2) is 11.3. The van der Waals surface area contributed by atoms with E-state index in [9.17, 15) is 18.0 Å². The fraction of sp³-hybridized carbons (Fsp3) is 0.276. The van der Waals surface area contributed by atoms with Gasteiger partial charge in [-0.3, -0.25) is 14.3 Å². The van der Waals surface area contributed by atoms with Crippen molar-refractivity contribution in [3.05, 3.63) is 84.1 Å². The number of carbonyl (C=O) groups is 2. The summed E-state index contributed by atoms with van der Waals surface area (Å²) in [6, 6.07) is 18.2. The first kappa shape index (κ1) is 26.4. The Labute approximate surface area is 227 Å². The third kappa shape index (κ3) is 6.12. The zero-order valence-electron chi connectivity index (χ0n) is 21.6. The Morgan fingerprint density at radius 3 is 2.54 bits per heavy atom. The van der Waals surface area contributed by atoms with E-state index in [1.54, 1.807) is 41.2 Å². The first-order chi connectivity index (χ1) is 18.8. The van der Waals surface area contributed by atoms with Crippen molar-refractivity contribution in [2.75, 3.05) is 12.4 Å². The molecule has 1 fully saturated rings. The highest BCUT2D eigenvalue weighted by atomic mass is 32.2. The lowest BCUT2D eigenvalue weighted by Crippen LogP contribution is -2.30. The van der Waals surface area contributed by atoms with Crippen LogP contribution < -0.4 is 14.8 Å². The molecule has 2 amide bonds. The van der Waals surface area contributed by atoms with Crippen LogP contribution in [0.25, 0.3) is 10.9 Å². The van der Waals surface area contributed by atoms with Gasteiger partial charge in [0.25, 0.3) is 15.9 Å². The number of fused-ring (bicyclic) bond motifs is 1. The summed E-state index contributed by atoms with van der Waals surface area (Å²) in [6.07, 6.45) is 6.92. The second-order valence-corrected chi connectivity index (χ2v) is 11.4. The average molecular weight is 547 g/mol. The van der Waals surface area contributed by atoms with Crippen molar-refractivity contribution in [2.24, 2.45) is 5.92 Å². The van der Waals surface area contributed by atoms with Crippen LogP contribution in [0.1, 0.15) is 48.0 Å². The lowest BCUT2D eigenvalue weighted by atomic mass is 10.0. The van der Waals surface area contributed by atoms with Crippen LogP contribution in [-0.2, 0) is 21.4 Å². The molecule has 9 nitrogen and oxygen atoms in total. The topological polar surface area (TPSA) is 119 Å². The van der Waals surface area contributed by atoms with E-state index in [2.05, 4.69) is 15.1 Å². The molecule has 0 aliphatic heterocycles. The lowest BCUT2D eigenvalue weighted by molar-refractivity contribution is -0.117. The molecule has 0 saturated heterocycles. The van der Waals surface area contributed by atoms with Gasteiger partial charge in [0.05, 0.1) is 30.3 Å². The Morgan fingerprint density at radius 1 is 1.03 bits per heavy atom. The highest BCUT2D eigenvalue weighted by Crippen LogP contribution is 2.29. The number of nitrogens with zero attached hydrogens (tertiary/aromatic N) is 2. The summed E-state index contributed by atoms with van der Waals surface area (Å²) in [5, 5.41) is 8.44. The first-order valence-corrected chi connectivity index (χ1v) is 14.4. The van der Waals surface area contributed by atoms with Crippen LogP contribution in [0, 0.1) is 5.92 Å². The Morgan fingerprint density at radius 2 is 1.79 bits per heavy atom. The van der Waals surface area contributed by atoms with Crippen molar-refractivity contribution in [2.45, 2.75) is 43.5 Å². The third-order valence-corrected chi connectivity index (χ3v) is 8.37. The Balaban J connectivity index is 1.32. The van der Waals surface area contributed by atoms with E-state index in [-0.39, 0.29) is 16.4 Å². The van der Waals surface area contributed by atoms with Gasteiger partial charge in [0, 0.05) is 28.6 Å². The summed E-state index contributed by atoms with van der Waals surface area (Å²) in [7, 11) is -2.52. The standard InChI is InChI=1S/C29H30N4O5S/c1-38-27-16-21(29(35)32-39(36,37)25-9-3-2-4-10-25)11-12-23(27)19-33-26-17-24(14-13-22(26)18-30-33)31-28(34)15-20-7-5-6-8-20/h2-4,9-14,16-18,20H,5-8,15,19H2,1H3,(H,31,34)(H,32,35). The van der Waals surface area contributed by atoms with E-state index in [4.69, 9.17) is 4.74 Å². The van der Waals surface area contributed by atoms with Crippen molar-refractivity contribution in [1.29, 1.82) is 0 Å². The Bertz CT molecular complexity index is 1610. The van der Waals surface area contributed by atoms with Crippen molar-refractivity contribution in [1.82, 2.24) is 14.5 Å². The zero-order chi connectivity index (χ0) is 27.4. The van der Waals surface area contributed by atoms with Gasteiger partial charge in [-0.1, -0.05) is 37.1 Å². The number of hydrogen-bond acceptors (Lipinski definition) is 6. The quantitative estimate of drug-likeness (QED) is 0.313. The van der Waals surface area contributed by atoms with Crippen molar-refractivity contribution in [3.63, 3.8) is 0 Å². The van der Waals surface area contributed by atoms with Gasteiger partial charge in [-0.25, -0.2) is 13.1 Å². The number of ether oxygens (including phenoxy) is 1. The van der Waals surface area contributed by atoms with Crippen molar-refractivity contribution in [3.8, 4) is 5.75 Å². The molecule has 4 aromatic rings. The number of aromatic nitrogens is 2. The van der Waals surface area contributed by atoms with Crippen LogP contribution in [0.3, 0.4) is 0 Å². The van der Waals surface area contributed by atoms with Crippen LogP contribution in [0.2, 0.25) is 0 Å². The number of amides is 2. The van der Waals surface area contributed by atoms with Gasteiger partial charge in [0.2, 0.25) is 5.91 Å². The van der Waals surface area contributed by atoms with Crippen molar-refractivity contribution >= 4 is 38.4 Å². The lowest BCUT2D eigenvalue weighted by Gasteiger charge is -2.13. The van der Waals surface area contributed by atoms with Gasteiger partial charge in [-0.15, -0.1) is 0 Å². The highest BCUT2D eigenvalue weighted by molar-refractivity contribution is 7.90. The molecule has 5 rings (SSSR count). The second-order valence-electron chi connectivity index (χ2n) is 9.75. The van der Waals surface area contributed by atoms with Crippen molar-refractivity contribution < 1.29 is 22.7 Å². The molecule has 1 aliphatic carbocycles. The summed E-state index contributed by atoms with van der Waals surface area (Å²) in [6.45, 7) is 0.344. The minimum absolute atomic E-state index is 0.00147. The Hall–Kier alpha value is -4.18. The van der Waals surface area contributed by atoms with Gasteiger partial charge in [-0.2, -0.15) is 5.10 Å². The van der Waals surface area contributed by atoms with Crippen LogP contribution in [0.15, 0.2) is 77.8 Å². The first-order valence-electron chi connectivity index (χ1n) is 12.9. The number of nitrogens with one attached hydrogen (secondary N) is 2. The monoisotopic (exact) mass is 546 g/mol. The van der Waals surface area contributed by atoms with Crippen LogP contribution in [-0.4, -0.2) is 37.1 Å². The molecule has 1 heterocycles. The summed E-state index contributed by atoms with van der Waals surface area (Å²) in [4.78, 5) is 25.3. The zero-order valence-corrected chi connectivity index (χ0v) is 22.4. The molecule has 1 aliphatic rings. The number of methoxy groups -OCH3 is 1. The maximum absolute atomic E-state index is 12.7. The number of anilines is 1. The minimum atomic E-state index is -4.01. The predicted octanol–water partition coefficient (Wildman–Crippen LogP) is 4.73. The molecular formula is C29H30N4O5S. The van der Waals surface area contributed by atoms with Gasteiger partial charge < -0.3 is 10.1 Å². The minimum Gasteiger partial charge on any atom is -0.496 e. The van der Waals surface area contributed by atoms with Crippen LogP contribution in [0.4, 0.5) is 5.69 Å². The molecule has 0 unspecified atom stereocenters. The normalized spacial score (nSPS) is 13.9. The summed E-state index contributed by atoms with van der Waals surface area (Å²) < 4.78 is 34.5. The SMILES string of the molecule is COc1cc(C(=O)NS(=O)(=O)c2ccccc2)ccc1Cn1ncc2ccc(NC(=O)CC3CCCC3)cc21. The van der Waals surface area contributed by atoms with E-state index in [0.29, 0.717) is 30.3 Å². The highest BCUT2D eigenvalue weighted by Gasteiger charge is 2.21. The molecule has 0 spiro atoms. The van der Waals surface area contributed by atoms with E-state index in [1.807, 2.05) is 18.2 Å². The number of sulfonamides is 1. The molecule has 0 atom stereocenters. The van der Waals surface area contributed by atoms with Crippen LogP contribution in [0.5, 0.6) is 5.75 Å². The smallest absolute Gasteiger partial charge is 0.265 e. The molecule has 1 aromatic heterocycles. The molecule has 2 N–H and O–H groups in total. The summed E-state index contributed by atoms with van der Waals surface area (Å²) in [5.41, 5.74) is 2.45. The Kier molecular flexibility index (Phi) is 7.65. The maximum atomic E-state index is 12.7. The fourth-order valence-corrected chi connectivity index (χ4v) is 5.98. The van der Waals surface area contributed by atoms with E-state index in [1.165, 1.54) is 38.2 Å². The number of rotatable bonds is 9. The number of hydrogen-bond donors (Lipinski definition) is 2. The molecule has 3 aromatic carbocycles. The van der Waals surface area contributed by atoms with Crippen LogP contribution >= 0.6 is 0 Å². The number of carbonyl (C=O) groups excluding carboxylic acids is 2. The fourth-order valence-electron chi connectivity index (χ4n) is 4.98. The molecule has 39 heavy (non-hydrogen) atoms. The van der Waals surface area contributed by atoms with Gasteiger partial charge in [0.1, 0.15) is 5.75 Å². The van der Waals surface area contributed by atoms with E-state index >= 15 is 0 Å². The van der Waals surface area contributed by atoms with Gasteiger partial charge in [-0.05, 0) is 61.2 Å². The molecular weight excluding hydrogens is 516 g/mol. The molecule has 1 saturated carbocycles. The summed E-state index contributed by atoms with van der Waals surface area (Å²) >= 11 is 0. The van der Waals surface area contributed by atoms with E-state index < -0.39 is 15.9 Å². The third-order valence-electron chi connectivity index (χ3n) is 7.03. The molecule has 202 valence electrons.